The predicted octanol–water partition coefficient (Wildman–Crippen LogP) is 2.74. The number of aliphatic imine (C=N–C) groups is 1. The number of nitrogens with zero attached hydrogens (tertiary/aromatic N) is 3. The number of piperidine rings is 1. The maximum absolute atomic E-state index is 12.0. The third-order valence-electron chi connectivity index (χ3n) is 6.23. The van der Waals surface area contributed by atoms with E-state index in [1.54, 1.807) is 0 Å². The van der Waals surface area contributed by atoms with Crippen molar-refractivity contribution in [1.29, 1.82) is 0 Å². The Morgan fingerprint density at radius 3 is 2.69 bits per heavy atom. The lowest BCUT2D eigenvalue weighted by molar-refractivity contribution is -0.128. The molecule has 0 bridgehead atoms. The number of amides is 1. The summed E-state index contributed by atoms with van der Waals surface area (Å²) >= 11 is 0. The van der Waals surface area contributed by atoms with Gasteiger partial charge in [0.05, 0.1) is 0 Å². The van der Waals surface area contributed by atoms with Gasteiger partial charge in [-0.25, -0.2) is 0 Å². The molecule has 1 atom stereocenters. The highest BCUT2D eigenvalue weighted by molar-refractivity contribution is 5.79. The third-order valence-corrected chi connectivity index (χ3v) is 6.23. The second-order valence-electron chi connectivity index (χ2n) is 8.13. The molecule has 2 aliphatic heterocycles. The van der Waals surface area contributed by atoms with Crippen molar-refractivity contribution in [3.8, 4) is 0 Å². The van der Waals surface area contributed by atoms with Crippen molar-refractivity contribution in [3.63, 3.8) is 0 Å². The molecule has 1 unspecified atom stereocenters. The van der Waals surface area contributed by atoms with E-state index in [9.17, 15) is 4.79 Å². The van der Waals surface area contributed by atoms with Crippen molar-refractivity contribution in [2.24, 2.45) is 4.99 Å². The normalized spacial score (nSPS) is 20.9. The number of hydrogen-bond acceptors (Lipinski definition) is 3. The molecule has 0 aliphatic carbocycles. The van der Waals surface area contributed by atoms with Crippen LogP contribution in [0.1, 0.15) is 56.6 Å². The van der Waals surface area contributed by atoms with Crippen LogP contribution in [0.2, 0.25) is 0 Å². The lowest BCUT2D eigenvalue weighted by atomic mass is 10.0. The molecule has 2 fully saturated rings. The number of nitrogens with one attached hydrogen (secondary N) is 2. The molecule has 3 rings (SSSR count). The minimum Gasteiger partial charge on any atom is -0.355 e. The molecule has 0 aromatic heterocycles. The second-order valence-corrected chi connectivity index (χ2v) is 8.13. The first-order chi connectivity index (χ1) is 14.2. The smallest absolute Gasteiger partial charge is 0.222 e. The van der Waals surface area contributed by atoms with Gasteiger partial charge < -0.3 is 15.5 Å². The Kier molecular flexibility index (Phi) is 8.35. The summed E-state index contributed by atoms with van der Waals surface area (Å²) in [7, 11) is 1.82. The highest BCUT2D eigenvalue weighted by atomic mass is 16.2. The van der Waals surface area contributed by atoms with E-state index in [-0.39, 0.29) is 5.91 Å². The quantitative estimate of drug-likeness (QED) is 0.521. The maximum atomic E-state index is 12.0. The number of likely N-dealkylation sites (tertiary alicyclic amines) is 2. The number of hydrogen-bond donors (Lipinski definition) is 2. The Morgan fingerprint density at radius 2 is 1.97 bits per heavy atom. The molecule has 29 heavy (non-hydrogen) atoms. The van der Waals surface area contributed by atoms with E-state index in [1.807, 2.05) is 11.9 Å². The molecule has 2 saturated heterocycles. The molecule has 1 aromatic rings. The number of carbonyl (C=O) groups is 1. The summed E-state index contributed by atoms with van der Waals surface area (Å²) in [6.07, 6.45) is 6.93. The summed E-state index contributed by atoms with van der Waals surface area (Å²) in [5.41, 5.74) is 2.43. The summed E-state index contributed by atoms with van der Waals surface area (Å²) in [6.45, 7) is 7.76. The Bertz CT molecular complexity index is 690. The first kappa shape index (κ1) is 21.6. The average Bonchev–Trinajstić information content (AvgIpc) is 3.16. The fourth-order valence-corrected chi connectivity index (χ4v) is 4.50. The van der Waals surface area contributed by atoms with Gasteiger partial charge in [0.2, 0.25) is 5.91 Å². The van der Waals surface area contributed by atoms with E-state index < -0.39 is 0 Å². The number of rotatable bonds is 8. The summed E-state index contributed by atoms with van der Waals surface area (Å²) in [5, 5.41) is 6.91. The van der Waals surface area contributed by atoms with Crippen LogP contribution in [0.3, 0.4) is 0 Å². The lowest BCUT2D eigenvalue weighted by Crippen LogP contribution is -2.45. The fourth-order valence-electron chi connectivity index (χ4n) is 4.50. The third kappa shape index (κ3) is 6.20. The molecule has 0 spiro atoms. The number of benzene rings is 1. The predicted molar refractivity (Wildman–Crippen MR) is 119 cm³/mol. The summed E-state index contributed by atoms with van der Waals surface area (Å²) < 4.78 is 0. The van der Waals surface area contributed by atoms with Gasteiger partial charge in [0.15, 0.2) is 5.96 Å². The van der Waals surface area contributed by atoms with Crippen molar-refractivity contribution in [3.05, 3.63) is 35.4 Å². The van der Waals surface area contributed by atoms with E-state index >= 15 is 0 Å². The standard InChI is InChI=1S/C23H37N5O/c1-3-21-11-6-7-14-27(21)16-13-25-23(24-2)26-17-19-9-4-5-10-20(19)18-28-15-8-12-22(28)29/h4-5,9-10,21H,3,6-8,11-18H2,1-2H3,(H2,24,25,26). The molecule has 160 valence electrons. The van der Waals surface area contributed by atoms with Crippen LogP contribution in [0.5, 0.6) is 0 Å². The first-order valence-electron chi connectivity index (χ1n) is 11.2. The van der Waals surface area contributed by atoms with Gasteiger partial charge in [0, 0.05) is 52.2 Å². The number of carbonyl (C=O) groups excluding carboxylic acids is 1. The molecule has 6 nitrogen and oxygen atoms in total. The SMILES string of the molecule is CCC1CCCCN1CCNC(=NC)NCc1ccccc1CN1CCCC1=O. The zero-order chi connectivity index (χ0) is 20.5. The first-order valence-corrected chi connectivity index (χ1v) is 11.2. The van der Waals surface area contributed by atoms with Gasteiger partial charge in [-0.05, 0) is 43.4 Å². The van der Waals surface area contributed by atoms with Gasteiger partial charge >= 0.3 is 0 Å². The molecule has 1 amide bonds. The van der Waals surface area contributed by atoms with Crippen LogP contribution < -0.4 is 10.6 Å². The molecular formula is C23H37N5O. The zero-order valence-electron chi connectivity index (χ0n) is 18.1. The average molecular weight is 400 g/mol. The van der Waals surface area contributed by atoms with Crippen molar-refractivity contribution >= 4 is 11.9 Å². The molecule has 0 radical (unpaired) electrons. The van der Waals surface area contributed by atoms with Crippen LogP contribution in [0.15, 0.2) is 29.3 Å². The van der Waals surface area contributed by atoms with Crippen LogP contribution >= 0.6 is 0 Å². The fraction of sp³-hybridized carbons (Fsp3) is 0.652. The molecule has 6 heteroatoms. The van der Waals surface area contributed by atoms with Crippen LogP contribution in [-0.2, 0) is 17.9 Å². The Balaban J connectivity index is 1.47. The van der Waals surface area contributed by atoms with Gasteiger partial charge in [0.25, 0.3) is 0 Å². The summed E-state index contributed by atoms with van der Waals surface area (Å²) in [4.78, 5) is 20.9. The Morgan fingerprint density at radius 1 is 1.14 bits per heavy atom. The monoisotopic (exact) mass is 399 g/mol. The lowest BCUT2D eigenvalue weighted by Gasteiger charge is -2.35. The number of guanidine groups is 1. The van der Waals surface area contributed by atoms with Crippen molar-refractivity contribution in [2.45, 2.75) is 64.6 Å². The summed E-state index contributed by atoms with van der Waals surface area (Å²) in [5.74, 6) is 1.11. The largest absolute Gasteiger partial charge is 0.355 e. The minimum atomic E-state index is 0.272. The molecule has 2 aliphatic rings. The van der Waals surface area contributed by atoms with Gasteiger partial charge in [0.1, 0.15) is 0 Å². The Hall–Kier alpha value is -2.08. The van der Waals surface area contributed by atoms with Crippen LogP contribution in [0.4, 0.5) is 0 Å². The maximum Gasteiger partial charge on any atom is 0.222 e. The van der Waals surface area contributed by atoms with Crippen molar-refractivity contribution in [2.75, 3.05) is 33.2 Å². The Labute approximate surface area is 175 Å². The van der Waals surface area contributed by atoms with Crippen LogP contribution in [0, 0.1) is 0 Å². The molecule has 0 saturated carbocycles. The highest BCUT2D eigenvalue weighted by Gasteiger charge is 2.21. The van der Waals surface area contributed by atoms with E-state index in [0.29, 0.717) is 19.5 Å². The molecular weight excluding hydrogens is 362 g/mol. The molecule has 2 N–H and O–H groups in total. The summed E-state index contributed by atoms with van der Waals surface area (Å²) in [6, 6.07) is 9.11. The van der Waals surface area contributed by atoms with Gasteiger partial charge in [-0.1, -0.05) is 37.6 Å². The minimum absolute atomic E-state index is 0.272. The van der Waals surface area contributed by atoms with Gasteiger partial charge in [-0.3, -0.25) is 14.7 Å². The molecule has 2 heterocycles. The van der Waals surface area contributed by atoms with Gasteiger partial charge in [-0.15, -0.1) is 0 Å². The van der Waals surface area contributed by atoms with Crippen molar-refractivity contribution < 1.29 is 4.79 Å². The topological polar surface area (TPSA) is 60.0 Å². The van der Waals surface area contributed by atoms with E-state index in [1.165, 1.54) is 43.4 Å². The van der Waals surface area contributed by atoms with E-state index in [4.69, 9.17) is 0 Å². The molecule has 1 aromatic carbocycles. The van der Waals surface area contributed by atoms with E-state index in [2.05, 4.69) is 51.7 Å². The highest BCUT2D eigenvalue weighted by Crippen LogP contribution is 2.19. The second kappa shape index (κ2) is 11.2. The van der Waals surface area contributed by atoms with E-state index in [0.717, 1.165) is 38.1 Å². The van der Waals surface area contributed by atoms with Crippen LogP contribution in [0.25, 0.3) is 0 Å². The zero-order valence-corrected chi connectivity index (χ0v) is 18.1. The van der Waals surface area contributed by atoms with Crippen molar-refractivity contribution in [1.82, 2.24) is 20.4 Å². The van der Waals surface area contributed by atoms with Gasteiger partial charge in [-0.2, -0.15) is 0 Å². The van der Waals surface area contributed by atoms with Crippen LogP contribution in [-0.4, -0.2) is 60.9 Å².